The second kappa shape index (κ2) is 8.48. The summed E-state index contributed by atoms with van der Waals surface area (Å²) in [5.41, 5.74) is 5.12. The monoisotopic (exact) mass is 346 g/mol. The molecule has 0 aliphatic heterocycles. The standard InChI is InChI=1S/C21H18N2O3/c1-25-20-14-16(15-22-23-18-10-6-3-7-11-18)12-13-19(20)26-21(24)17-8-4-2-5-9-17/h2-15,23H,1H3/b22-15-. The van der Waals surface area contributed by atoms with Crippen molar-refractivity contribution in [3.63, 3.8) is 0 Å². The normalized spacial score (nSPS) is 10.5. The number of benzene rings is 3. The Morgan fingerprint density at radius 3 is 2.31 bits per heavy atom. The van der Waals surface area contributed by atoms with Gasteiger partial charge in [0.25, 0.3) is 0 Å². The van der Waals surface area contributed by atoms with Gasteiger partial charge in [0, 0.05) is 0 Å². The lowest BCUT2D eigenvalue weighted by atomic mass is 10.2. The minimum Gasteiger partial charge on any atom is -0.493 e. The lowest BCUT2D eigenvalue weighted by molar-refractivity contribution is 0.0729. The molecular formula is C21H18N2O3. The van der Waals surface area contributed by atoms with E-state index in [-0.39, 0.29) is 0 Å². The largest absolute Gasteiger partial charge is 0.493 e. The quantitative estimate of drug-likeness (QED) is 0.312. The molecule has 5 heteroatoms. The van der Waals surface area contributed by atoms with Crippen LogP contribution in [0.25, 0.3) is 0 Å². The lowest BCUT2D eigenvalue weighted by Gasteiger charge is -2.10. The average molecular weight is 346 g/mol. The highest BCUT2D eigenvalue weighted by Gasteiger charge is 2.12. The van der Waals surface area contributed by atoms with Crippen LogP contribution < -0.4 is 14.9 Å². The smallest absolute Gasteiger partial charge is 0.343 e. The van der Waals surface area contributed by atoms with Crippen LogP contribution in [-0.4, -0.2) is 19.3 Å². The summed E-state index contributed by atoms with van der Waals surface area (Å²) in [6, 6.07) is 23.7. The van der Waals surface area contributed by atoms with E-state index in [1.807, 2.05) is 36.4 Å². The summed E-state index contributed by atoms with van der Waals surface area (Å²) in [5, 5.41) is 4.19. The summed E-state index contributed by atoms with van der Waals surface area (Å²) in [6.45, 7) is 0. The molecular weight excluding hydrogens is 328 g/mol. The van der Waals surface area contributed by atoms with Crippen LogP contribution in [0.5, 0.6) is 11.5 Å². The predicted octanol–water partition coefficient (Wildman–Crippen LogP) is 4.36. The van der Waals surface area contributed by atoms with E-state index in [0.29, 0.717) is 17.1 Å². The molecule has 3 rings (SSSR count). The number of hydrogen-bond donors (Lipinski definition) is 1. The molecule has 0 unspecified atom stereocenters. The van der Waals surface area contributed by atoms with Gasteiger partial charge in [-0.1, -0.05) is 36.4 Å². The lowest BCUT2D eigenvalue weighted by Crippen LogP contribution is -2.09. The van der Waals surface area contributed by atoms with Crippen LogP contribution in [0.15, 0.2) is 84.0 Å². The highest BCUT2D eigenvalue weighted by Crippen LogP contribution is 2.28. The van der Waals surface area contributed by atoms with E-state index in [9.17, 15) is 4.79 Å². The van der Waals surface area contributed by atoms with Crippen molar-refractivity contribution in [2.24, 2.45) is 5.10 Å². The molecule has 130 valence electrons. The summed E-state index contributed by atoms with van der Waals surface area (Å²) in [5.74, 6) is 0.378. The van der Waals surface area contributed by atoms with Gasteiger partial charge in [0.1, 0.15) is 0 Å². The van der Waals surface area contributed by atoms with Crippen LogP contribution in [0.1, 0.15) is 15.9 Å². The summed E-state index contributed by atoms with van der Waals surface area (Å²) in [6.07, 6.45) is 1.66. The van der Waals surface area contributed by atoms with Crippen LogP contribution >= 0.6 is 0 Å². The SMILES string of the molecule is COc1cc(/C=N\Nc2ccccc2)ccc1OC(=O)c1ccccc1. The van der Waals surface area contributed by atoms with Gasteiger partial charge in [-0.15, -0.1) is 0 Å². The van der Waals surface area contributed by atoms with Crippen molar-refractivity contribution in [1.82, 2.24) is 0 Å². The topological polar surface area (TPSA) is 59.9 Å². The Morgan fingerprint density at radius 1 is 0.923 bits per heavy atom. The highest BCUT2D eigenvalue weighted by molar-refractivity contribution is 5.91. The molecule has 5 nitrogen and oxygen atoms in total. The van der Waals surface area contributed by atoms with Crippen molar-refractivity contribution < 1.29 is 14.3 Å². The third kappa shape index (κ3) is 4.48. The van der Waals surface area contributed by atoms with E-state index >= 15 is 0 Å². The molecule has 0 atom stereocenters. The number of methoxy groups -OCH3 is 1. The van der Waals surface area contributed by atoms with Crippen LogP contribution in [0.4, 0.5) is 5.69 Å². The van der Waals surface area contributed by atoms with Crippen molar-refractivity contribution in [3.05, 3.63) is 90.0 Å². The molecule has 0 spiro atoms. The van der Waals surface area contributed by atoms with E-state index in [4.69, 9.17) is 9.47 Å². The number of anilines is 1. The minimum atomic E-state index is -0.434. The zero-order chi connectivity index (χ0) is 18.2. The number of hydrogen-bond acceptors (Lipinski definition) is 5. The van der Waals surface area contributed by atoms with E-state index in [2.05, 4.69) is 10.5 Å². The van der Waals surface area contributed by atoms with Crippen molar-refractivity contribution in [1.29, 1.82) is 0 Å². The van der Waals surface area contributed by atoms with Crippen LogP contribution in [-0.2, 0) is 0 Å². The van der Waals surface area contributed by atoms with Gasteiger partial charge in [-0.25, -0.2) is 4.79 Å². The molecule has 0 fully saturated rings. The molecule has 3 aromatic rings. The molecule has 0 aromatic heterocycles. The predicted molar refractivity (Wildman–Crippen MR) is 102 cm³/mol. The number of nitrogens with one attached hydrogen (secondary N) is 1. The second-order valence-electron chi connectivity index (χ2n) is 5.40. The Labute approximate surface area is 151 Å². The molecule has 0 aliphatic carbocycles. The van der Waals surface area contributed by atoms with Gasteiger partial charge in [0.15, 0.2) is 11.5 Å². The van der Waals surface area contributed by atoms with Gasteiger partial charge >= 0.3 is 5.97 Å². The van der Waals surface area contributed by atoms with E-state index in [1.54, 1.807) is 48.7 Å². The number of carbonyl (C=O) groups excluding carboxylic acids is 1. The summed E-state index contributed by atoms with van der Waals surface area (Å²) in [7, 11) is 1.53. The fourth-order valence-electron chi connectivity index (χ4n) is 2.28. The molecule has 0 saturated heterocycles. The average Bonchev–Trinajstić information content (AvgIpc) is 2.70. The summed E-state index contributed by atoms with van der Waals surface area (Å²) >= 11 is 0. The maximum Gasteiger partial charge on any atom is 0.343 e. The molecule has 0 heterocycles. The molecule has 3 aromatic carbocycles. The molecule has 1 N–H and O–H groups in total. The van der Waals surface area contributed by atoms with Crippen LogP contribution in [0.2, 0.25) is 0 Å². The summed E-state index contributed by atoms with van der Waals surface area (Å²) in [4.78, 5) is 12.2. The van der Waals surface area contributed by atoms with Gasteiger partial charge in [0.05, 0.1) is 24.6 Å². The third-order valence-electron chi connectivity index (χ3n) is 3.58. The van der Waals surface area contributed by atoms with Gasteiger partial charge in [-0.3, -0.25) is 5.43 Å². The number of hydrazone groups is 1. The Morgan fingerprint density at radius 2 is 1.62 bits per heavy atom. The molecule has 0 aliphatic rings. The first-order valence-corrected chi connectivity index (χ1v) is 8.05. The first kappa shape index (κ1) is 17.2. The molecule has 26 heavy (non-hydrogen) atoms. The Kier molecular flexibility index (Phi) is 5.62. The number of esters is 1. The highest BCUT2D eigenvalue weighted by atomic mass is 16.6. The van der Waals surface area contributed by atoms with Gasteiger partial charge < -0.3 is 9.47 Å². The maximum atomic E-state index is 12.2. The minimum absolute atomic E-state index is 0.356. The van der Waals surface area contributed by atoms with Gasteiger partial charge in [0.2, 0.25) is 0 Å². The molecule has 0 saturated carbocycles. The molecule has 0 bridgehead atoms. The Bertz CT molecular complexity index is 894. The molecule has 0 radical (unpaired) electrons. The first-order valence-electron chi connectivity index (χ1n) is 8.05. The Balaban J connectivity index is 1.70. The zero-order valence-electron chi connectivity index (χ0n) is 14.3. The van der Waals surface area contributed by atoms with E-state index in [0.717, 1.165) is 11.3 Å². The van der Waals surface area contributed by atoms with Crippen LogP contribution in [0, 0.1) is 0 Å². The van der Waals surface area contributed by atoms with E-state index in [1.165, 1.54) is 7.11 Å². The number of ether oxygens (including phenoxy) is 2. The first-order chi connectivity index (χ1) is 12.8. The number of carbonyl (C=O) groups is 1. The number of rotatable bonds is 6. The van der Waals surface area contributed by atoms with Crippen LogP contribution in [0.3, 0.4) is 0 Å². The van der Waals surface area contributed by atoms with Crippen molar-refractivity contribution in [3.8, 4) is 11.5 Å². The fraction of sp³-hybridized carbons (Fsp3) is 0.0476. The van der Waals surface area contributed by atoms with Gasteiger partial charge in [-0.2, -0.15) is 5.10 Å². The zero-order valence-corrected chi connectivity index (χ0v) is 14.3. The van der Waals surface area contributed by atoms with Gasteiger partial charge in [-0.05, 0) is 48.0 Å². The Hall–Kier alpha value is -3.60. The van der Waals surface area contributed by atoms with Crippen molar-refractivity contribution >= 4 is 17.9 Å². The second-order valence-corrected chi connectivity index (χ2v) is 5.40. The number of para-hydroxylation sites is 1. The fourth-order valence-corrected chi connectivity index (χ4v) is 2.28. The summed E-state index contributed by atoms with van der Waals surface area (Å²) < 4.78 is 10.8. The van der Waals surface area contributed by atoms with Crippen molar-refractivity contribution in [2.45, 2.75) is 0 Å². The molecule has 0 amide bonds. The maximum absolute atomic E-state index is 12.2. The third-order valence-corrected chi connectivity index (χ3v) is 3.58. The van der Waals surface area contributed by atoms with E-state index < -0.39 is 5.97 Å². The van der Waals surface area contributed by atoms with Crippen molar-refractivity contribution in [2.75, 3.05) is 12.5 Å². The number of nitrogens with zero attached hydrogens (tertiary/aromatic N) is 1.